The summed E-state index contributed by atoms with van der Waals surface area (Å²) in [5.74, 6) is 1.54. The number of nitrogens with one attached hydrogen (secondary N) is 2. The van der Waals surface area contributed by atoms with E-state index in [2.05, 4.69) is 54.3 Å². The second kappa shape index (κ2) is 10.3. The van der Waals surface area contributed by atoms with E-state index in [0.717, 1.165) is 55.5 Å². The lowest BCUT2D eigenvalue weighted by Gasteiger charge is -2.36. The first-order valence-electron chi connectivity index (χ1n) is 11.1. The summed E-state index contributed by atoms with van der Waals surface area (Å²) in [6.45, 7) is 5.18. The van der Waals surface area contributed by atoms with Gasteiger partial charge >= 0.3 is 0 Å². The number of nitrogens with zero attached hydrogens (tertiary/aromatic N) is 4. The molecule has 2 heterocycles. The largest absolute Gasteiger partial charge is 0.369 e. The lowest BCUT2D eigenvalue weighted by molar-refractivity contribution is 0.467. The van der Waals surface area contributed by atoms with Crippen LogP contribution in [0.3, 0.4) is 0 Å². The van der Waals surface area contributed by atoms with Crippen molar-refractivity contribution in [2.45, 2.75) is 38.9 Å². The Hall–Kier alpha value is -3.35. The second-order valence-corrected chi connectivity index (χ2v) is 8.24. The highest BCUT2D eigenvalue weighted by Gasteiger charge is 2.22. The van der Waals surface area contributed by atoms with E-state index >= 15 is 0 Å². The average molecular weight is 435 g/mol. The molecular weight excluding hydrogens is 403 g/mol. The van der Waals surface area contributed by atoms with Crippen LogP contribution in [0.4, 0.5) is 10.1 Å². The van der Waals surface area contributed by atoms with Gasteiger partial charge in [0, 0.05) is 50.8 Å². The van der Waals surface area contributed by atoms with Crippen LogP contribution in [0.25, 0.3) is 0 Å². The Morgan fingerprint density at radius 2 is 2.06 bits per heavy atom. The fraction of sp³-hybridized carbons (Fsp3) is 0.360. The Kier molecular flexibility index (Phi) is 7.04. The summed E-state index contributed by atoms with van der Waals surface area (Å²) < 4.78 is 15.6. The fourth-order valence-electron chi connectivity index (χ4n) is 4.27. The van der Waals surface area contributed by atoms with E-state index in [-0.39, 0.29) is 11.9 Å². The number of aliphatic imine (C=N–C) groups is 1. The van der Waals surface area contributed by atoms with Crippen LogP contribution >= 0.6 is 0 Å². The molecule has 4 rings (SSSR count). The molecule has 32 heavy (non-hydrogen) atoms. The molecule has 168 valence electrons. The maximum atomic E-state index is 13.5. The van der Waals surface area contributed by atoms with Gasteiger partial charge in [0.2, 0.25) is 0 Å². The fourth-order valence-corrected chi connectivity index (χ4v) is 4.27. The van der Waals surface area contributed by atoms with E-state index in [1.165, 1.54) is 11.6 Å². The molecule has 1 aromatic heterocycles. The Morgan fingerprint density at radius 3 is 2.84 bits per heavy atom. The molecule has 3 aromatic rings. The monoisotopic (exact) mass is 434 g/mol. The van der Waals surface area contributed by atoms with Gasteiger partial charge in [0.1, 0.15) is 11.6 Å². The van der Waals surface area contributed by atoms with E-state index in [1.54, 1.807) is 13.1 Å². The number of hydrogen-bond donors (Lipinski definition) is 2. The van der Waals surface area contributed by atoms with Crippen LogP contribution in [0.2, 0.25) is 0 Å². The van der Waals surface area contributed by atoms with E-state index in [0.29, 0.717) is 6.54 Å². The first-order chi connectivity index (χ1) is 15.6. The molecule has 2 aromatic carbocycles. The molecule has 0 amide bonds. The summed E-state index contributed by atoms with van der Waals surface area (Å²) in [5, 5.41) is 6.96. The minimum absolute atomic E-state index is 0.187. The molecule has 0 radical (unpaired) electrons. The van der Waals surface area contributed by atoms with Crippen LogP contribution in [-0.4, -0.2) is 41.7 Å². The number of halogens is 1. The third-order valence-corrected chi connectivity index (χ3v) is 5.90. The van der Waals surface area contributed by atoms with Crippen molar-refractivity contribution < 1.29 is 4.39 Å². The number of hydrogen-bond acceptors (Lipinski definition) is 3. The number of piperidine rings is 1. The smallest absolute Gasteiger partial charge is 0.191 e. The van der Waals surface area contributed by atoms with Crippen LogP contribution < -0.4 is 15.5 Å². The lowest BCUT2D eigenvalue weighted by Crippen LogP contribution is -2.51. The summed E-state index contributed by atoms with van der Waals surface area (Å²) in [7, 11) is 1.79. The summed E-state index contributed by atoms with van der Waals surface area (Å²) in [6.07, 6.45) is 5.98. The number of aryl methyl sites for hydroxylation is 1. The molecular formula is C25H31FN6. The van der Waals surface area contributed by atoms with Gasteiger partial charge in [-0.05, 0) is 49.1 Å². The summed E-state index contributed by atoms with van der Waals surface area (Å²) in [4.78, 5) is 11.3. The Labute approximate surface area is 189 Å². The molecule has 1 aliphatic rings. The molecule has 0 spiro atoms. The zero-order valence-electron chi connectivity index (χ0n) is 18.8. The predicted octanol–water partition coefficient (Wildman–Crippen LogP) is 3.71. The SMILES string of the molecule is CN=C(NCc1nccn1Cc1ccccc1)NC1CCCN(c2ccc(F)cc2C)C1. The molecule has 1 atom stereocenters. The number of imidazole rings is 1. The third-order valence-electron chi connectivity index (χ3n) is 5.90. The van der Waals surface area contributed by atoms with Crippen LogP contribution in [0.15, 0.2) is 65.9 Å². The lowest BCUT2D eigenvalue weighted by atomic mass is 10.0. The number of rotatable bonds is 6. The van der Waals surface area contributed by atoms with Crippen LogP contribution in [0.5, 0.6) is 0 Å². The van der Waals surface area contributed by atoms with Gasteiger partial charge < -0.3 is 20.1 Å². The first kappa shape index (κ1) is 21.9. The standard InChI is InChI=1S/C25H31FN6/c1-19-15-21(26)10-11-23(19)31-13-6-9-22(18-31)30-25(27-2)29-16-24-28-12-14-32(24)17-20-7-4-3-5-8-20/h3-5,7-8,10-12,14-15,22H,6,9,13,16-18H2,1-2H3,(H2,27,29,30). The normalized spacial score (nSPS) is 16.8. The third kappa shape index (κ3) is 5.46. The molecule has 0 bridgehead atoms. The van der Waals surface area contributed by atoms with Gasteiger partial charge in [0.15, 0.2) is 5.96 Å². The van der Waals surface area contributed by atoms with Gasteiger partial charge in [0.05, 0.1) is 6.54 Å². The van der Waals surface area contributed by atoms with Crippen LogP contribution in [0.1, 0.15) is 29.8 Å². The van der Waals surface area contributed by atoms with Gasteiger partial charge in [-0.15, -0.1) is 0 Å². The highest BCUT2D eigenvalue weighted by Crippen LogP contribution is 2.24. The maximum Gasteiger partial charge on any atom is 0.191 e. The van der Waals surface area contributed by atoms with E-state index in [9.17, 15) is 4.39 Å². The van der Waals surface area contributed by atoms with Gasteiger partial charge in [0.25, 0.3) is 0 Å². The van der Waals surface area contributed by atoms with Crippen LogP contribution in [0, 0.1) is 12.7 Å². The minimum Gasteiger partial charge on any atom is -0.369 e. The molecule has 0 aliphatic carbocycles. The number of anilines is 1. The average Bonchev–Trinajstić information content (AvgIpc) is 3.24. The molecule has 7 heteroatoms. The van der Waals surface area contributed by atoms with Crippen molar-refractivity contribution in [1.29, 1.82) is 0 Å². The maximum absolute atomic E-state index is 13.5. The Morgan fingerprint density at radius 1 is 1.22 bits per heavy atom. The summed E-state index contributed by atoms with van der Waals surface area (Å²) in [6, 6.07) is 15.7. The van der Waals surface area contributed by atoms with Gasteiger partial charge in [-0.3, -0.25) is 4.99 Å². The Balaban J connectivity index is 1.34. The molecule has 1 saturated heterocycles. The van der Waals surface area contributed by atoms with Crippen molar-refractivity contribution in [2.24, 2.45) is 4.99 Å². The van der Waals surface area contributed by atoms with Crippen molar-refractivity contribution in [3.8, 4) is 0 Å². The van der Waals surface area contributed by atoms with Crippen molar-refractivity contribution in [2.75, 3.05) is 25.0 Å². The van der Waals surface area contributed by atoms with Crippen LogP contribution in [-0.2, 0) is 13.1 Å². The quantitative estimate of drug-likeness (QED) is 0.459. The van der Waals surface area contributed by atoms with E-state index in [4.69, 9.17) is 0 Å². The topological polar surface area (TPSA) is 57.5 Å². The number of aromatic nitrogens is 2. The van der Waals surface area contributed by atoms with Gasteiger partial charge in [-0.1, -0.05) is 30.3 Å². The first-order valence-corrected chi connectivity index (χ1v) is 11.1. The van der Waals surface area contributed by atoms with Gasteiger partial charge in [-0.2, -0.15) is 0 Å². The number of benzene rings is 2. The molecule has 1 fully saturated rings. The molecule has 2 N–H and O–H groups in total. The summed E-state index contributed by atoms with van der Waals surface area (Å²) in [5.41, 5.74) is 3.31. The minimum atomic E-state index is -0.187. The van der Waals surface area contributed by atoms with Crippen molar-refractivity contribution in [3.05, 3.63) is 83.7 Å². The predicted molar refractivity (Wildman–Crippen MR) is 127 cm³/mol. The van der Waals surface area contributed by atoms with Crippen molar-refractivity contribution in [1.82, 2.24) is 20.2 Å². The highest BCUT2D eigenvalue weighted by molar-refractivity contribution is 5.80. The van der Waals surface area contributed by atoms with E-state index < -0.39 is 0 Å². The molecule has 6 nitrogen and oxygen atoms in total. The zero-order valence-corrected chi connectivity index (χ0v) is 18.8. The molecule has 1 unspecified atom stereocenters. The van der Waals surface area contributed by atoms with Crippen molar-refractivity contribution >= 4 is 11.6 Å². The number of guanidine groups is 1. The molecule has 0 saturated carbocycles. The zero-order chi connectivity index (χ0) is 22.3. The van der Waals surface area contributed by atoms with Crippen molar-refractivity contribution in [3.63, 3.8) is 0 Å². The molecule has 1 aliphatic heterocycles. The summed E-state index contributed by atoms with van der Waals surface area (Å²) >= 11 is 0. The highest BCUT2D eigenvalue weighted by atomic mass is 19.1. The van der Waals surface area contributed by atoms with Gasteiger partial charge in [-0.25, -0.2) is 9.37 Å². The second-order valence-electron chi connectivity index (χ2n) is 8.24. The Bertz CT molecular complexity index is 1050. The van der Waals surface area contributed by atoms with E-state index in [1.807, 2.05) is 31.5 Å².